The molecule has 0 bridgehead atoms. The monoisotopic (exact) mass is 212 g/mol. The van der Waals surface area contributed by atoms with Crippen LogP contribution in [0, 0.1) is 0 Å². The lowest BCUT2D eigenvalue weighted by molar-refractivity contribution is 1.13. The van der Waals surface area contributed by atoms with Gasteiger partial charge in [0.25, 0.3) is 0 Å². The fraction of sp³-hybridized carbons (Fsp3) is 0.222. The molecule has 0 spiro atoms. The number of hydrogen-bond acceptors (Lipinski definition) is 2. The van der Waals surface area contributed by atoms with Gasteiger partial charge in [-0.1, -0.05) is 11.6 Å². The van der Waals surface area contributed by atoms with E-state index in [4.69, 9.17) is 23.1 Å². The highest BCUT2D eigenvalue weighted by Gasteiger charge is 2.02. The van der Waals surface area contributed by atoms with Crippen LogP contribution in [0.2, 0.25) is 5.02 Å². The Balaban J connectivity index is 3.07. The molecule has 0 amide bonds. The van der Waals surface area contributed by atoms with Gasteiger partial charge in [0, 0.05) is 14.1 Å². The molecular formula is C9H13ClN4. The quantitative estimate of drug-likeness (QED) is 0.574. The maximum Gasteiger partial charge on any atom is 0.191 e. The Morgan fingerprint density at radius 3 is 2.43 bits per heavy atom. The molecule has 0 unspecified atom stereocenters. The summed E-state index contributed by atoms with van der Waals surface area (Å²) >= 11 is 6.02. The van der Waals surface area contributed by atoms with Crippen LogP contribution in [0.3, 0.4) is 0 Å². The normalized spacial score (nSPS) is 9.64. The molecule has 1 rings (SSSR count). The molecule has 0 atom stereocenters. The Morgan fingerprint density at radius 2 is 2.00 bits per heavy atom. The van der Waals surface area contributed by atoms with Crippen molar-refractivity contribution >= 4 is 28.9 Å². The van der Waals surface area contributed by atoms with Crippen molar-refractivity contribution in [3.63, 3.8) is 0 Å². The van der Waals surface area contributed by atoms with Crippen molar-refractivity contribution in [3.05, 3.63) is 23.2 Å². The molecule has 0 fully saturated rings. The zero-order chi connectivity index (χ0) is 10.7. The third kappa shape index (κ3) is 2.53. The highest BCUT2D eigenvalue weighted by Crippen LogP contribution is 2.28. The Hall–Kier alpha value is -1.42. The fourth-order valence-corrected chi connectivity index (χ4v) is 1.42. The predicted molar refractivity (Wildman–Crippen MR) is 61.2 cm³/mol. The van der Waals surface area contributed by atoms with Crippen molar-refractivity contribution in [2.24, 2.45) is 16.5 Å². The van der Waals surface area contributed by atoms with Gasteiger partial charge < -0.3 is 16.4 Å². The highest BCUT2D eigenvalue weighted by molar-refractivity contribution is 6.33. The summed E-state index contributed by atoms with van der Waals surface area (Å²) in [5.74, 6) is 0.0265. The first kappa shape index (κ1) is 10.7. The molecule has 0 saturated heterocycles. The summed E-state index contributed by atoms with van der Waals surface area (Å²) in [4.78, 5) is 5.81. The van der Waals surface area contributed by atoms with E-state index < -0.39 is 0 Å². The van der Waals surface area contributed by atoms with Crippen molar-refractivity contribution in [1.29, 1.82) is 0 Å². The number of nitrogens with two attached hydrogens (primary N) is 2. The average Bonchev–Trinajstić information content (AvgIpc) is 2.01. The molecule has 0 aliphatic carbocycles. The van der Waals surface area contributed by atoms with E-state index in [2.05, 4.69) is 4.99 Å². The maximum atomic E-state index is 6.02. The third-order valence-electron chi connectivity index (χ3n) is 1.67. The summed E-state index contributed by atoms with van der Waals surface area (Å²) in [5.41, 5.74) is 12.1. The first-order valence-electron chi connectivity index (χ1n) is 4.07. The molecule has 14 heavy (non-hydrogen) atoms. The standard InChI is InChI=1S/C9H13ClN4/c1-14(2)8-4-3-6(5-7(8)10)13-9(11)12/h3-5H,1-2H3,(H4,11,12,13). The summed E-state index contributed by atoms with van der Waals surface area (Å²) in [6.45, 7) is 0. The number of nitrogens with zero attached hydrogens (tertiary/aromatic N) is 2. The molecule has 0 radical (unpaired) electrons. The minimum atomic E-state index is 0.0265. The van der Waals surface area contributed by atoms with Crippen molar-refractivity contribution in [2.75, 3.05) is 19.0 Å². The Bertz CT molecular complexity index is 356. The molecule has 4 N–H and O–H groups in total. The molecule has 0 aliphatic heterocycles. The molecule has 0 saturated carbocycles. The van der Waals surface area contributed by atoms with Crippen LogP contribution < -0.4 is 16.4 Å². The number of anilines is 1. The van der Waals surface area contributed by atoms with Gasteiger partial charge in [-0.05, 0) is 18.2 Å². The van der Waals surface area contributed by atoms with Gasteiger partial charge >= 0.3 is 0 Å². The van der Waals surface area contributed by atoms with Crippen LogP contribution in [-0.4, -0.2) is 20.1 Å². The van der Waals surface area contributed by atoms with E-state index in [9.17, 15) is 0 Å². The number of rotatable bonds is 2. The molecule has 1 aromatic rings. The van der Waals surface area contributed by atoms with E-state index in [1.54, 1.807) is 12.1 Å². The predicted octanol–water partition coefficient (Wildman–Crippen LogP) is 1.31. The Kier molecular flexibility index (Phi) is 3.19. The fourth-order valence-electron chi connectivity index (χ4n) is 1.08. The number of aliphatic imine (C=N–C) groups is 1. The number of hydrogen-bond donors (Lipinski definition) is 2. The van der Waals surface area contributed by atoms with Crippen LogP contribution in [-0.2, 0) is 0 Å². The van der Waals surface area contributed by atoms with Gasteiger partial charge in [-0.25, -0.2) is 4.99 Å². The molecular weight excluding hydrogens is 200 g/mol. The minimum Gasteiger partial charge on any atom is -0.376 e. The molecule has 76 valence electrons. The van der Waals surface area contributed by atoms with Gasteiger partial charge in [-0.2, -0.15) is 0 Å². The Labute approximate surface area is 88.2 Å². The molecule has 1 aromatic carbocycles. The first-order valence-corrected chi connectivity index (χ1v) is 4.45. The van der Waals surface area contributed by atoms with Crippen LogP contribution in [0.1, 0.15) is 0 Å². The summed E-state index contributed by atoms with van der Waals surface area (Å²) < 4.78 is 0. The van der Waals surface area contributed by atoms with Gasteiger partial charge in [0.05, 0.1) is 16.4 Å². The summed E-state index contributed by atoms with van der Waals surface area (Å²) in [6.07, 6.45) is 0. The van der Waals surface area contributed by atoms with Crippen LogP contribution in [0.25, 0.3) is 0 Å². The molecule has 5 heteroatoms. The van der Waals surface area contributed by atoms with E-state index in [0.717, 1.165) is 5.69 Å². The largest absolute Gasteiger partial charge is 0.376 e. The number of halogens is 1. The zero-order valence-electron chi connectivity index (χ0n) is 8.16. The summed E-state index contributed by atoms with van der Waals surface area (Å²) in [5, 5.41) is 0.623. The van der Waals surface area contributed by atoms with Crippen molar-refractivity contribution < 1.29 is 0 Å². The third-order valence-corrected chi connectivity index (χ3v) is 1.97. The van der Waals surface area contributed by atoms with E-state index in [1.807, 2.05) is 25.1 Å². The molecule has 0 aliphatic rings. The van der Waals surface area contributed by atoms with Crippen molar-refractivity contribution in [1.82, 2.24) is 0 Å². The molecule has 0 heterocycles. The van der Waals surface area contributed by atoms with Gasteiger partial charge in [-0.15, -0.1) is 0 Å². The second-order valence-electron chi connectivity index (χ2n) is 3.07. The topological polar surface area (TPSA) is 67.6 Å². The molecule has 0 aromatic heterocycles. The second-order valence-corrected chi connectivity index (χ2v) is 3.47. The highest BCUT2D eigenvalue weighted by atomic mass is 35.5. The summed E-state index contributed by atoms with van der Waals surface area (Å²) in [7, 11) is 3.84. The summed E-state index contributed by atoms with van der Waals surface area (Å²) in [6, 6.07) is 5.39. The lowest BCUT2D eigenvalue weighted by atomic mass is 10.2. The van der Waals surface area contributed by atoms with Gasteiger partial charge in [0.1, 0.15) is 0 Å². The van der Waals surface area contributed by atoms with Crippen LogP contribution in [0.5, 0.6) is 0 Å². The molecule has 4 nitrogen and oxygen atoms in total. The Morgan fingerprint density at radius 1 is 1.36 bits per heavy atom. The lowest BCUT2D eigenvalue weighted by Crippen LogP contribution is -2.21. The minimum absolute atomic E-state index is 0.0265. The number of guanidine groups is 1. The van der Waals surface area contributed by atoms with Gasteiger partial charge in [0.2, 0.25) is 0 Å². The smallest absolute Gasteiger partial charge is 0.191 e. The van der Waals surface area contributed by atoms with Crippen LogP contribution in [0.4, 0.5) is 11.4 Å². The maximum absolute atomic E-state index is 6.02. The van der Waals surface area contributed by atoms with Gasteiger partial charge in [0.15, 0.2) is 5.96 Å². The zero-order valence-corrected chi connectivity index (χ0v) is 8.92. The van der Waals surface area contributed by atoms with E-state index in [-0.39, 0.29) is 5.96 Å². The van der Waals surface area contributed by atoms with Gasteiger partial charge in [-0.3, -0.25) is 0 Å². The SMILES string of the molecule is CN(C)c1ccc(N=C(N)N)cc1Cl. The van der Waals surface area contributed by atoms with E-state index >= 15 is 0 Å². The lowest BCUT2D eigenvalue weighted by Gasteiger charge is -2.14. The van der Waals surface area contributed by atoms with E-state index in [0.29, 0.717) is 10.7 Å². The first-order chi connectivity index (χ1) is 6.50. The van der Waals surface area contributed by atoms with Crippen LogP contribution in [0.15, 0.2) is 23.2 Å². The van der Waals surface area contributed by atoms with E-state index in [1.165, 1.54) is 0 Å². The van der Waals surface area contributed by atoms with Crippen LogP contribution >= 0.6 is 11.6 Å². The second kappa shape index (κ2) is 4.19. The van der Waals surface area contributed by atoms with Crippen molar-refractivity contribution in [2.45, 2.75) is 0 Å². The van der Waals surface area contributed by atoms with Crippen molar-refractivity contribution in [3.8, 4) is 0 Å². The average molecular weight is 213 g/mol. The number of benzene rings is 1.